The largest absolute Gasteiger partial charge is 0.367 e. The van der Waals surface area contributed by atoms with Crippen molar-refractivity contribution in [1.29, 1.82) is 0 Å². The summed E-state index contributed by atoms with van der Waals surface area (Å²) in [5.41, 5.74) is 9.97. The van der Waals surface area contributed by atoms with E-state index < -0.39 is 0 Å². The van der Waals surface area contributed by atoms with Gasteiger partial charge in [0.15, 0.2) is 0 Å². The van der Waals surface area contributed by atoms with E-state index in [0.717, 1.165) is 49.0 Å². The van der Waals surface area contributed by atoms with E-state index in [1.54, 1.807) is 11.3 Å². The Morgan fingerprint density at radius 2 is 1.71 bits per heavy atom. The van der Waals surface area contributed by atoms with E-state index in [1.165, 1.54) is 32.4 Å². The number of thioether (sulfide) groups is 1. The molecule has 2 aromatic heterocycles. The van der Waals surface area contributed by atoms with Gasteiger partial charge in [-0.25, -0.2) is 0 Å². The third-order valence-corrected chi connectivity index (χ3v) is 8.19. The van der Waals surface area contributed by atoms with Crippen molar-refractivity contribution < 1.29 is 0 Å². The Labute approximate surface area is 214 Å². The maximum atomic E-state index is 13.4. The van der Waals surface area contributed by atoms with Crippen molar-refractivity contribution in [1.82, 2.24) is 14.7 Å². The van der Waals surface area contributed by atoms with Gasteiger partial charge in [0.25, 0.3) is 5.56 Å². The molecule has 0 spiro atoms. The van der Waals surface area contributed by atoms with Gasteiger partial charge in [-0.1, -0.05) is 48.5 Å². The second kappa shape index (κ2) is 11.2. The zero-order chi connectivity index (χ0) is 24.0. The van der Waals surface area contributed by atoms with Crippen molar-refractivity contribution >= 4 is 28.8 Å². The molecule has 3 heterocycles. The van der Waals surface area contributed by atoms with Crippen molar-refractivity contribution in [3.63, 3.8) is 0 Å². The predicted octanol–water partition coefficient (Wildman–Crippen LogP) is 4.33. The SMILES string of the molecule is NCCSc1c(N2CCN(Cc3ccc(-c4cccs4)cc3)CC2)cnn(-c2ccccc2)c1=O. The highest BCUT2D eigenvalue weighted by molar-refractivity contribution is 7.99. The molecule has 0 radical (unpaired) electrons. The van der Waals surface area contributed by atoms with Crippen LogP contribution >= 0.6 is 23.1 Å². The third-order valence-electron chi connectivity index (χ3n) is 6.16. The molecule has 0 saturated carbocycles. The Balaban J connectivity index is 1.27. The van der Waals surface area contributed by atoms with Crippen LogP contribution in [0.1, 0.15) is 5.56 Å². The molecule has 1 aliphatic rings. The van der Waals surface area contributed by atoms with Crippen LogP contribution in [-0.4, -0.2) is 53.2 Å². The van der Waals surface area contributed by atoms with Crippen LogP contribution in [0.15, 0.2) is 88.0 Å². The number of aromatic nitrogens is 2. The van der Waals surface area contributed by atoms with Gasteiger partial charge < -0.3 is 10.6 Å². The van der Waals surface area contributed by atoms with Crippen LogP contribution < -0.4 is 16.2 Å². The second-order valence-corrected chi connectivity index (χ2v) is 10.5. The number of rotatable bonds is 8. The van der Waals surface area contributed by atoms with Crippen LogP contribution in [0.5, 0.6) is 0 Å². The number of thiophene rings is 1. The van der Waals surface area contributed by atoms with Gasteiger partial charge in [-0.2, -0.15) is 9.78 Å². The fourth-order valence-corrected chi connectivity index (χ4v) is 5.92. The lowest BCUT2D eigenvalue weighted by atomic mass is 10.1. The van der Waals surface area contributed by atoms with Crippen LogP contribution in [0.4, 0.5) is 5.69 Å². The molecule has 0 bridgehead atoms. The van der Waals surface area contributed by atoms with E-state index in [2.05, 4.69) is 56.7 Å². The number of nitrogens with two attached hydrogens (primary N) is 1. The molecule has 1 fully saturated rings. The number of nitrogens with zero attached hydrogens (tertiary/aromatic N) is 4. The second-order valence-electron chi connectivity index (χ2n) is 8.49. The maximum absolute atomic E-state index is 13.4. The molecule has 2 aromatic carbocycles. The Bertz CT molecular complexity index is 1280. The topological polar surface area (TPSA) is 67.4 Å². The molecule has 8 heteroatoms. The number of para-hydroxylation sites is 1. The van der Waals surface area contributed by atoms with Crippen LogP contribution in [-0.2, 0) is 6.54 Å². The Morgan fingerprint density at radius 1 is 0.943 bits per heavy atom. The fourth-order valence-electron chi connectivity index (χ4n) is 4.33. The highest BCUT2D eigenvalue weighted by Gasteiger charge is 2.22. The number of hydrogen-bond donors (Lipinski definition) is 1. The third kappa shape index (κ3) is 5.51. The molecule has 5 rings (SSSR count). The monoisotopic (exact) mass is 503 g/mol. The van der Waals surface area contributed by atoms with Gasteiger partial charge >= 0.3 is 0 Å². The number of hydrogen-bond acceptors (Lipinski definition) is 7. The summed E-state index contributed by atoms with van der Waals surface area (Å²) in [4.78, 5) is 20.2. The summed E-state index contributed by atoms with van der Waals surface area (Å²) < 4.78 is 1.48. The molecule has 35 heavy (non-hydrogen) atoms. The van der Waals surface area contributed by atoms with E-state index in [0.29, 0.717) is 12.3 Å². The van der Waals surface area contributed by atoms with E-state index in [4.69, 9.17) is 5.73 Å². The first-order valence-corrected chi connectivity index (χ1v) is 13.7. The molecule has 1 saturated heterocycles. The molecular formula is C27H29N5OS2. The molecule has 0 aliphatic carbocycles. The van der Waals surface area contributed by atoms with E-state index in [9.17, 15) is 4.79 Å². The Hall–Kier alpha value is -2.91. The summed E-state index contributed by atoms with van der Waals surface area (Å²) in [5.74, 6) is 0.697. The average Bonchev–Trinajstić information content (AvgIpc) is 3.44. The molecule has 1 aliphatic heterocycles. The quantitative estimate of drug-likeness (QED) is 0.361. The molecule has 6 nitrogen and oxygen atoms in total. The summed E-state index contributed by atoms with van der Waals surface area (Å²) in [6.07, 6.45) is 1.84. The molecule has 4 aromatic rings. The summed E-state index contributed by atoms with van der Waals surface area (Å²) in [5, 5.41) is 6.63. The van der Waals surface area contributed by atoms with Gasteiger partial charge in [0, 0.05) is 49.9 Å². The standard InChI is InChI=1S/C27H29N5OS2/c28-12-18-35-26-24(19-29-32(27(26)33)23-5-2-1-3-6-23)31-15-13-30(14-16-31)20-21-8-10-22(11-9-21)25-7-4-17-34-25/h1-11,17,19H,12-16,18,20,28H2. The van der Waals surface area contributed by atoms with Crippen molar-refractivity contribution in [3.8, 4) is 16.1 Å². The van der Waals surface area contributed by atoms with Crippen molar-refractivity contribution in [3.05, 3.63) is 94.2 Å². The molecule has 0 unspecified atom stereocenters. The van der Waals surface area contributed by atoms with E-state index in [-0.39, 0.29) is 5.56 Å². The summed E-state index contributed by atoms with van der Waals surface area (Å²) in [6.45, 7) is 5.06. The minimum absolute atomic E-state index is 0.0830. The number of piperazine rings is 1. The van der Waals surface area contributed by atoms with Crippen LogP contribution in [0.3, 0.4) is 0 Å². The lowest BCUT2D eigenvalue weighted by Crippen LogP contribution is -2.46. The van der Waals surface area contributed by atoms with Gasteiger partial charge in [0.05, 0.1) is 22.5 Å². The fraction of sp³-hybridized carbons (Fsp3) is 0.259. The van der Waals surface area contributed by atoms with Gasteiger partial charge in [-0.05, 0) is 34.7 Å². The minimum atomic E-state index is -0.0830. The first-order chi connectivity index (χ1) is 17.2. The summed E-state index contributed by atoms with van der Waals surface area (Å²) in [7, 11) is 0. The Morgan fingerprint density at radius 3 is 2.40 bits per heavy atom. The number of anilines is 1. The first kappa shape index (κ1) is 23.8. The lowest BCUT2D eigenvalue weighted by Gasteiger charge is -2.36. The first-order valence-electron chi connectivity index (χ1n) is 11.8. The van der Waals surface area contributed by atoms with Crippen molar-refractivity contribution in [2.45, 2.75) is 11.4 Å². The highest BCUT2D eigenvalue weighted by atomic mass is 32.2. The van der Waals surface area contributed by atoms with Crippen molar-refractivity contribution in [2.24, 2.45) is 5.73 Å². The van der Waals surface area contributed by atoms with Gasteiger partial charge in [0.1, 0.15) is 0 Å². The van der Waals surface area contributed by atoms with Gasteiger partial charge in [-0.3, -0.25) is 9.69 Å². The lowest BCUT2D eigenvalue weighted by molar-refractivity contribution is 0.249. The van der Waals surface area contributed by atoms with Gasteiger partial charge in [0.2, 0.25) is 0 Å². The zero-order valence-electron chi connectivity index (χ0n) is 19.5. The normalized spacial score (nSPS) is 14.4. The van der Waals surface area contributed by atoms with Crippen LogP contribution in [0.25, 0.3) is 16.1 Å². The van der Waals surface area contributed by atoms with E-state index >= 15 is 0 Å². The van der Waals surface area contributed by atoms with Crippen LogP contribution in [0.2, 0.25) is 0 Å². The summed E-state index contributed by atoms with van der Waals surface area (Å²) >= 11 is 3.30. The molecule has 0 atom stereocenters. The molecule has 180 valence electrons. The minimum Gasteiger partial charge on any atom is -0.367 e. The zero-order valence-corrected chi connectivity index (χ0v) is 21.2. The van der Waals surface area contributed by atoms with Gasteiger partial charge in [-0.15, -0.1) is 23.1 Å². The maximum Gasteiger partial charge on any atom is 0.287 e. The predicted molar refractivity (Wildman–Crippen MR) is 147 cm³/mol. The summed E-state index contributed by atoms with van der Waals surface area (Å²) in [6, 6.07) is 22.7. The Kier molecular flexibility index (Phi) is 7.63. The highest BCUT2D eigenvalue weighted by Crippen LogP contribution is 2.28. The van der Waals surface area contributed by atoms with Crippen molar-refractivity contribution in [2.75, 3.05) is 43.4 Å². The average molecular weight is 504 g/mol. The molecule has 0 amide bonds. The smallest absolute Gasteiger partial charge is 0.287 e. The number of benzene rings is 2. The molecular weight excluding hydrogens is 474 g/mol. The molecule has 2 N–H and O–H groups in total. The van der Waals surface area contributed by atoms with E-state index in [1.807, 2.05) is 36.5 Å². The van der Waals surface area contributed by atoms with Crippen LogP contribution in [0, 0.1) is 0 Å².